The molecule has 3 rings (SSSR count). The molecule has 1 aliphatic heterocycles. The number of carbonyl (C=O) groups is 1. The lowest BCUT2D eigenvalue weighted by molar-refractivity contribution is -0.138. The van der Waals surface area contributed by atoms with Gasteiger partial charge in [-0.05, 0) is 31.2 Å². The number of hydrogen-bond acceptors (Lipinski definition) is 5. The maximum atomic E-state index is 14.7. The average molecular weight is 464 g/mol. The Bertz CT molecular complexity index is 1090. The highest BCUT2D eigenvalue weighted by Crippen LogP contribution is 2.44. The summed E-state index contributed by atoms with van der Waals surface area (Å²) >= 11 is 0. The molecule has 1 amide bonds. The number of ether oxygens (including phenoxy) is 1. The number of nitrogens with two attached hydrogens (primary N) is 1. The van der Waals surface area contributed by atoms with E-state index >= 15 is 0 Å². The van der Waals surface area contributed by atoms with E-state index in [1.165, 1.54) is 0 Å². The van der Waals surface area contributed by atoms with Gasteiger partial charge in [0.15, 0.2) is 17.1 Å². The van der Waals surface area contributed by atoms with Gasteiger partial charge in [0.05, 0.1) is 5.56 Å². The molecule has 0 bridgehead atoms. The molecule has 3 N–H and O–H groups in total. The number of nitrogens with zero attached hydrogens (tertiary/aromatic N) is 2. The maximum Gasteiger partial charge on any atom is 0.417 e. The Morgan fingerprint density at radius 3 is 2.50 bits per heavy atom. The number of hydrogen-bond donors (Lipinski definition) is 2. The summed E-state index contributed by atoms with van der Waals surface area (Å²) in [5.74, 6) is -7.94. The number of aliphatic imine (C=N–C) groups is 1. The van der Waals surface area contributed by atoms with Crippen molar-refractivity contribution in [1.29, 1.82) is 0 Å². The standard InChI is InChI=1S/C19H15F7N4O2/c1-17(18(22,23)8-32-7-14(27)30-17)11-5-10(2-3-12(11)20)29-16(31)15-13(21)4-9(6-28-15)19(24,25)26/h2-6H,7-8H2,1H3,(H2,27,30)(H,29,31)/t17-/m1/s1. The van der Waals surface area contributed by atoms with E-state index in [1.807, 2.05) is 0 Å². The van der Waals surface area contributed by atoms with Crippen LogP contribution in [0.3, 0.4) is 0 Å². The van der Waals surface area contributed by atoms with E-state index in [1.54, 1.807) is 0 Å². The fraction of sp³-hybridized carbons (Fsp3) is 0.316. The van der Waals surface area contributed by atoms with Gasteiger partial charge in [0, 0.05) is 17.4 Å². The molecular formula is C19H15F7N4O2. The van der Waals surface area contributed by atoms with Gasteiger partial charge < -0.3 is 15.8 Å². The number of benzene rings is 1. The van der Waals surface area contributed by atoms with Gasteiger partial charge in [-0.3, -0.25) is 9.79 Å². The first-order valence-corrected chi connectivity index (χ1v) is 8.88. The van der Waals surface area contributed by atoms with E-state index in [0.717, 1.165) is 25.1 Å². The second-order valence-electron chi connectivity index (χ2n) is 7.07. The Hall–Kier alpha value is -3.22. The van der Waals surface area contributed by atoms with Crippen molar-refractivity contribution < 1.29 is 40.3 Å². The number of halogens is 7. The number of amidine groups is 1. The molecule has 0 aliphatic carbocycles. The third-order valence-electron chi connectivity index (χ3n) is 4.74. The van der Waals surface area contributed by atoms with Gasteiger partial charge in [0.25, 0.3) is 11.8 Å². The van der Waals surface area contributed by atoms with Crippen LogP contribution in [0, 0.1) is 11.6 Å². The van der Waals surface area contributed by atoms with Crippen molar-refractivity contribution in [2.75, 3.05) is 18.5 Å². The van der Waals surface area contributed by atoms with Crippen LogP contribution in [0.4, 0.5) is 36.4 Å². The zero-order valence-electron chi connectivity index (χ0n) is 16.2. The highest BCUT2D eigenvalue weighted by molar-refractivity contribution is 6.03. The molecule has 32 heavy (non-hydrogen) atoms. The van der Waals surface area contributed by atoms with Crippen molar-refractivity contribution in [3.8, 4) is 0 Å². The van der Waals surface area contributed by atoms with Gasteiger partial charge in [-0.2, -0.15) is 13.2 Å². The van der Waals surface area contributed by atoms with E-state index in [-0.39, 0.29) is 23.8 Å². The van der Waals surface area contributed by atoms with Crippen LogP contribution in [0.1, 0.15) is 28.5 Å². The van der Waals surface area contributed by atoms with Crippen LogP contribution in [0.25, 0.3) is 0 Å². The molecule has 172 valence electrons. The van der Waals surface area contributed by atoms with Gasteiger partial charge in [0.2, 0.25) is 0 Å². The number of pyridine rings is 1. The van der Waals surface area contributed by atoms with E-state index in [4.69, 9.17) is 10.5 Å². The Morgan fingerprint density at radius 2 is 1.88 bits per heavy atom. The highest BCUT2D eigenvalue weighted by atomic mass is 19.4. The molecule has 2 heterocycles. The number of nitrogens with one attached hydrogen (secondary N) is 1. The van der Waals surface area contributed by atoms with Crippen LogP contribution in [-0.4, -0.2) is 35.9 Å². The summed E-state index contributed by atoms with van der Waals surface area (Å²) in [5.41, 5.74) is -0.252. The molecule has 13 heteroatoms. The third kappa shape index (κ3) is 4.38. The van der Waals surface area contributed by atoms with Gasteiger partial charge in [0.1, 0.15) is 24.9 Å². The fourth-order valence-corrected chi connectivity index (χ4v) is 3.01. The normalized spacial score (nSPS) is 20.9. The van der Waals surface area contributed by atoms with E-state index in [9.17, 15) is 35.5 Å². The van der Waals surface area contributed by atoms with Crippen molar-refractivity contribution in [2.24, 2.45) is 10.7 Å². The summed E-state index contributed by atoms with van der Waals surface area (Å²) in [6, 6.07) is 2.68. The largest absolute Gasteiger partial charge is 0.417 e. The van der Waals surface area contributed by atoms with Crippen molar-refractivity contribution in [1.82, 2.24) is 4.98 Å². The number of rotatable bonds is 3. The third-order valence-corrected chi connectivity index (χ3v) is 4.74. The highest BCUT2D eigenvalue weighted by Gasteiger charge is 2.54. The van der Waals surface area contributed by atoms with E-state index < -0.39 is 65.2 Å². The monoisotopic (exact) mass is 464 g/mol. The molecule has 0 spiro atoms. The molecule has 6 nitrogen and oxygen atoms in total. The molecule has 0 unspecified atom stereocenters. The second kappa shape index (κ2) is 8.04. The zero-order chi connectivity index (χ0) is 23.9. The van der Waals surface area contributed by atoms with Gasteiger partial charge in [-0.25, -0.2) is 22.5 Å². The Kier molecular flexibility index (Phi) is 5.89. The Balaban J connectivity index is 1.96. The number of carbonyl (C=O) groups excluding carboxylic acids is 1. The summed E-state index contributed by atoms with van der Waals surface area (Å²) in [7, 11) is 0. The van der Waals surface area contributed by atoms with Gasteiger partial charge in [-0.15, -0.1) is 0 Å². The van der Waals surface area contributed by atoms with Crippen LogP contribution in [0.15, 0.2) is 35.5 Å². The second-order valence-corrected chi connectivity index (χ2v) is 7.07. The Labute approximate surface area is 176 Å². The lowest BCUT2D eigenvalue weighted by Crippen LogP contribution is -2.45. The van der Waals surface area contributed by atoms with Crippen LogP contribution in [0.5, 0.6) is 0 Å². The predicted molar refractivity (Wildman–Crippen MR) is 98.3 cm³/mol. The topological polar surface area (TPSA) is 89.6 Å². The SMILES string of the molecule is C[C@]1(c2cc(NC(=O)c3ncc(C(F)(F)F)cc3F)ccc2F)N=C(N)COCC1(F)F. The lowest BCUT2D eigenvalue weighted by atomic mass is 9.85. The van der Waals surface area contributed by atoms with Crippen LogP contribution in [0.2, 0.25) is 0 Å². The number of anilines is 1. The number of amides is 1. The molecular weight excluding hydrogens is 449 g/mol. The van der Waals surface area contributed by atoms with Crippen LogP contribution in [-0.2, 0) is 16.5 Å². The number of aromatic nitrogens is 1. The molecule has 0 fully saturated rings. The van der Waals surface area contributed by atoms with Crippen LogP contribution < -0.4 is 11.1 Å². The molecule has 0 saturated heterocycles. The average Bonchev–Trinajstić information content (AvgIpc) is 2.77. The van der Waals surface area contributed by atoms with Crippen molar-refractivity contribution in [2.45, 2.75) is 24.6 Å². The van der Waals surface area contributed by atoms with E-state index in [0.29, 0.717) is 0 Å². The summed E-state index contributed by atoms with van der Waals surface area (Å²) < 4.78 is 101. The maximum absolute atomic E-state index is 14.7. The quantitative estimate of drug-likeness (QED) is 0.675. The van der Waals surface area contributed by atoms with Crippen molar-refractivity contribution >= 4 is 17.4 Å². The minimum atomic E-state index is -4.87. The summed E-state index contributed by atoms with van der Waals surface area (Å²) in [4.78, 5) is 19.2. The Morgan fingerprint density at radius 1 is 1.19 bits per heavy atom. The minimum Gasteiger partial charge on any atom is -0.385 e. The van der Waals surface area contributed by atoms with Crippen molar-refractivity contribution in [3.05, 3.63) is 58.9 Å². The molecule has 1 aromatic heterocycles. The summed E-state index contributed by atoms with van der Waals surface area (Å²) in [6.07, 6.45) is -4.61. The molecule has 0 radical (unpaired) electrons. The first-order chi connectivity index (χ1) is 14.7. The summed E-state index contributed by atoms with van der Waals surface area (Å²) in [5, 5.41) is 2.09. The number of alkyl halides is 5. The van der Waals surface area contributed by atoms with Crippen molar-refractivity contribution in [3.63, 3.8) is 0 Å². The first kappa shape index (κ1) is 23.4. The minimum absolute atomic E-state index is 0.0859. The van der Waals surface area contributed by atoms with Gasteiger partial charge in [-0.1, -0.05) is 0 Å². The summed E-state index contributed by atoms with van der Waals surface area (Å²) in [6.45, 7) is -0.581. The van der Waals surface area contributed by atoms with Crippen LogP contribution >= 0.6 is 0 Å². The lowest BCUT2D eigenvalue weighted by Gasteiger charge is -2.33. The zero-order valence-corrected chi connectivity index (χ0v) is 16.2. The van der Waals surface area contributed by atoms with Gasteiger partial charge >= 0.3 is 6.18 Å². The molecule has 2 aromatic rings. The predicted octanol–water partition coefficient (Wildman–Crippen LogP) is 3.87. The molecule has 1 aliphatic rings. The fourth-order valence-electron chi connectivity index (χ4n) is 3.01. The molecule has 1 aromatic carbocycles. The first-order valence-electron chi connectivity index (χ1n) is 8.88. The van der Waals surface area contributed by atoms with E-state index in [2.05, 4.69) is 15.3 Å². The smallest absolute Gasteiger partial charge is 0.385 e. The molecule has 0 saturated carbocycles. The molecule has 1 atom stereocenters.